The average molecular weight is 195 g/mol. The molecule has 2 aromatic rings. The van der Waals surface area contributed by atoms with Crippen molar-refractivity contribution in [3.63, 3.8) is 0 Å². The van der Waals surface area contributed by atoms with E-state index >= 15 is 0 Å². The molecule has 1 aliphatic rings. The maximum absolute atomic E-state index is 10.4. The minimum atomic E-state index is -1.09. The topological polar surface area (TPSA) is 20.2 Å². The lowest BCUT2D eigenvalue weighted by molar-refractivity contribution is 0.136. The third-order valence-corrected chi connectivity index (χ3v) is 3.04. The van der Waals surface area contributed by atoms with Gasteiger partial charge in [0, 0.05) is 0 Å². The first-order valence-corrected chi connectivity index (χ1v) is 4.98. The first kappa shape index (κ1) is 8.69. The zero-order valence-corrected chi connectivity index (χ0v) is 8.27. The summed E-state index contributed by atoms with van der Waals surface area (Å²) in [5, 5.41) is 10.4. The molecule has 1 nitrogen and oxygen atoms in total. The molecule has 2 aromatic carbocycles. The molecule has 15 heavy (non-hydrogen) atoms. The van der Waals surface area contributed by atoms with Crippen LogP contribution in [0.5, 0.6) is 0 Å². The molecule has 0 heterocycles. The van der Waals surface area contributed by atoms with Crippen LogP contribution in [0.1, 0.15) is 11.1 Å². The van der Waals surface area contributed by atoms with E-state index in [4.69, 9.17) is 0 Å². The fraction of sp³-hybridized carbons (Fsp3) is 0.0714. The van der Waals surface area contributed by atoms with Crippen LogP contribution in [0.4, 0.5) is 0 Å². The molecule has 0 amide bonds. The van der Waals surface area contributed by atoms with E-state index < -0.39 is 5.60 Å². The van der Waals surface area contributed by atoms with Gasteiger partial charge in [-0.05, 0) is 29.2 Å². The molecule has 0 aromatic heterocycles. The van der Waals surface area contributed by atoms with Crippen LogP contribution < -0.4 is 0 Å². The van der Waals surface area contributed by atoms with Gasteiger partial charge in [-0.3, -0.25) is 0 Å². The van der Waals surface area contributed by atoms with E-state index in [1.54, 1.807) is 0 Å². The van der Waals surface area contributed by atoms with Gasteiger partial charge in [-0.2, -0.15) is 0 Å². The molecule has 1 radical (unpaired) electrons. The van der Waals surface area contributed by atoms with Gasteiger partial charge < -0.3 is 5.11 Å². The molecule has 0 spiro atoms. The summed E-state index contributed by atoms with van der Waals surface area (Å²) in [5.74, 6) is 0. The summed E-state index contributed by atoms with van der Waals surface area (Å²) in [7, 11) is 0. The summed E-state index contributed by atoms with van der Waals surface area (Å²) in [6.07, 6.45) is 0. The summed E-state index contributed by atoms with van der Waals surface area (Å²) in [6, 6.07) is 15.7. The zero-order valence-electron chi connectivity index (χ0n) is 8.27. The summed E-state index contributed by atoms with van der Waals surface area (Å²) >= 11 is 0. The van der Waals surface area contributed by atoms with Crippen molar-refractivity contribution in [2.24, 2.45) is 0 Å². The Balaban J connectivity index is 2.42. The minimum absolute atomic E-state index is 0.895. The molecular weight excluding hydrogens is 184 g/mol. The van der Waals surface area contributed by atoms with Gasteiger partial charge in [0.1, 0.15) is 5.60 Å². The van der Waals surface area contributed by atoms with Gasteiger partial charge in [-0.25, -0.2) is 0 Å². The molecule has 73 valence electrons. The number of fused-ring (bicyclic) bond motifs is 3. The molecule has 0 atom stereocenters. The number of rotatable bonds is 0. The molecule has 0 unspecified atom stereocenters. The molecule has 1 N–H and O–H groups in total. The Bertz CT molecular complexity index is 479. The first-order valence-electron chi connectivity index (χ1n) is 4.98. The maximum Gasteiger partial charge on any atom is 0.116 e. The van der Waals surface area contributed by atoms with Gasteiger partial charge in [-0.1, -0.05) is 48.5 Å². The quantitative estimate of drug-likeness (QED) is 0.685. The van der Waals surface area contributed by atoms with E-state index in [0.29, 0.717) is 0 Å². The van der Waals surface area contributed by atoms with Crippen molar-refractivity contribution in [2.45, 2.75) is 5.60 Å². The van der Waals surface area contributed by atoms with Crippen molar-refractivity contribution >= 4 is 0 Å². The maximum atomic E-state index is 10.4. The van der Waals surface area contributed by atoms with E-state index in [9.17, 15) is 5.11 Å². The van der Waals surface area contributed by atoms with Crippen LogP contribution in [0.2, 0.25) is 0 Å². The van der Waals surface area contributed by atoms with Crippen molar-refractivity contribution in [3.05, 3.63) is 66.6 Å². The zero-order chi connectivity index (χ0) is 10.5. The molecule has 1 heteroatoms. The van der Waals surface area contributed by atoms with Crippen LogP contribution in [0.25, 0.3) is 11.1 Å². The van der Waals surface area contributed by atoms with Crippen LogP contribution in [0, 0.1) is 6.92 Å². The van der Waals surface area contributed by atoms with Crippen molar-refractivity contribution < 1.29 is 5.11 Å². The molecule has 0 bridgehead atoms. The van der Waals surface area contributed by atoms with Crippen molar-refractivity contribution in [3.8, 4) is 11.1 Å². The molecule has 1 aliphatic carbocycles. The lowest BCUT2D eigenvalue weighted by atomic mass is 9.94. The summed E-state index contributed by atoms with van der Waals surface area (Å²) in [6.45, 7) is 3.91. The highest BCUT2D eigenvalue weighted by Crippen LogP contribution is 2.46. The van der Waals surface area contributed by atoms with Gasteiger partial charge in [0.05, 0.1) is 0 Å². The van der Waals surface area contributed by atoms with Crippen LogP contribution in [-0.2, 0) is 5.60 Å². The Labute approximate surface area is 89.0 Å². The molecule has 0 aliphatic heterocycles. The Morgan fingerprint density at radius 2 is 1.20 bits per heavy atom. The standard InChI is InChI=1S/C14H11O/c1-14(15)12-8-4-2-6-10(12)11-7-3-5-9-13(11)14/h2-9,15H,1H2. The Morgan fingerprint density at radius 3 is 1.67 bits per heavy atom. The second kappa shape index (κ2) is 2.71. The monoisotopic (exact) mass is 195 g/mol. The second-order valence-corrected chi connectivity index (χ2v) is 3.95. The van der Waals surface area contributed by atoms with Crippen LogP contribution >= 0.6 is 0 Å². The van der Waals surface area contributed by atoms with Gasteiger partial charge in [-0.15, -0.1) is 0 Å². The molecule has 3 rings (SSSR count). The summed E-state index contributed by atoms with van der Waals surface area (Å²) in [5.41, 5.74) is 2.88. The highest BCUT2D eigenvalue weighted by atomic mass is 16.3. The van der Waals surface area contributed by atoms with E-state index in [1.807, 2.05) is 48.5 Å². The van der Waals surface area contributed by atoms with Gasteiger partial charge >= 0.3 is 0 Å². The van der Waals surface area contributed by atoms with E-state index in [0.717, 1.165) is 22.3 Å². The highest BCUT2D eigenvalue weighted by Gasteiger charge is 2.36. The molecule has 0 fully saturated rings. The number of hydrogen-bond donors (Lipinski definition) is 1. The third-order valence-electron chi connectivity index (χ3n) is 3.04. The van der Waals surface area contributed by atoms with Crippen molar-refractivity contribution in [2.75, 3.05) is 0 Å². The average Bonchev–Trinajstić information content (AvgIpc) is 2.51. The largest absolute Gasteiger partial charge is 0.380 e. The Morgan fingerprint density at radius 1 is 0.800 bits per heavy atom. The third kappa shape index (κ3) is 1.01. The number of aliphatic hydroxyl groups is 1. The van der Waals surface area contributed by atoms with Gasteiger partial charge in [0.2, 0.25) is 0 Å². The summed E-state index contributed by atoms with van der Waals surface area (Å²) in [4.78, 5) is 0. The minimum Gasteiger partial charge on any atom is -0.380 e. The predicted molar refractivity (Wildman–Crippen MR) is 60.2 cm³/mol. The van der Waals surface area contributed by atoms with Crippen LogP contribution in [-0.4, -0.2) is 5.11 Å². The Hall–Kier alpha value is -1.60. The van der Waals surface area contributed by atoms with E-state index in [2.05, 4.69) is 6.92 Å². The number of hydrogen-bond acceptors (Lipinski definition) is 1. The molecule has 0 saturated carbocycles. The molecular formula is C14H11O. The predicted octanol–water partition coefficient (Wildman–Crippen LogP) is 2.74. The van der Waals surface area contributed by atoms with Crippen LogP contribution in [0.15, 0.2) is 48.5 Å². The van der Waals surface area contributed by atoms with Gasteiger partial charge in [0.25, 0.3) is 0 Å². The fourth-order valence-corrected chi connectivity index (χ4v) is 2.30. The van der Waals surface area contributed by atoms with Crippen molar-refractivity contribution in [1.82, 2.24) is 0 Å². The lowest BCUT2D eigenvalue weighted by Crippen LogP contribution is -2.19. The lowest BCUT2D eigenvalue weighted by Gasteiger charge is -2.19. The Kier molecular flexibility index (Phi) is 1.57. The number of benzene rings is 2. The van der Waals surface area contributed by atoms with Crippen LogP contribution in [0.3, 0.4) is 0 Å². The normalized spacial score (nSPS) is 15.9. The second-order valence-electron chi connectivity index (χ2n) is 3.95. The van der Waals surface area contributed by atoms with E-state index in [1.165, 1.54) is 0 Å². The first-order chi connectivity index (χ1) is 7.21. The smallest absolute Gasteiger partial charge is 0.116 e. The highest BCUT2D eigenvalue weighted by molar-refractivity contribution is 5.80. The van der Waals surface area contributed by atoms with Gasteiger partial charge in [0.15, 0.2) is 0 Å². The van der Waals surface area contributed by atoms with Crippen molar-refractivity contribution in [1.29, 1.82) is 0 Å². The molecule has 0 saturated heterocycles. The summed E-state index contributed by atoms with van der Waals surface area (Å²) < 4.78 is 0. The van der Waals surface area contributed by atoms with E-state index in [-0.39, 0.29) is 0 Å². The SMILES string of the molecule is [CH2]C1(O)c2ccccc2-c2ccccc21. The fourth-order valence-electron chi connectivity index (χ4n) is 2.30.